The summed E-state index contributed by atoms with van der Waals surface area (Å²) in [6.45, 7) is 2.18. The van der Waals surface area contributed by atoms with E-state index in [0.717, 1.165) is 39.8 Å². The normalized spacial score (nSPS) is 11.8. The van der Waals surface area contributed by atoms with Crippen LogP contribution in [0.25, 0.3) is 16.9 Å². The van der Waals surface area contributed by atoms with Crippen molar-refractivity contribution in [3.05, 3.63) is 107 Å². The molecule has 4 rings (SSSR count). The summed E-state index contributed by atoms with van der Waals surface area (Å²) in [6, 6.07) is 29.8. The first-order chi connectivity index (χ1) is 16.0. The van der Waals surface area contributed by atoms with Gasteiger partial charge in [0.15, 0.2) is 6.10 Å². The number of rotatable bonds is 9. The van der Waals surface area contributed by atoms with Crippen LogP contribution in [0.4, 0.5) is 0 Å². The molecule has 0 aliphatic carbocycles. The van der Waals surface area contributed by atoms with Gasteiger partial charge in [0.25, 0.3) is 0 Å². The molecule has 3 aromatic carbocycles. The predicted molar refractivity (Wildman–Crippen MR) is 135 cm³/mol. The van der Waals surface area contributed by atoms with Crippen LogP contribution < -0.4 is 4.74 Å². The SMILES string of the molecule is CCCc1ccc(-c2ccc(O[C@H](Cc3ccccc3)C(=O)O)cc2)n1-c1ccc(Br)cc1. The lowest BCUT2D eigenvalue weighted by atomic mass is 10.1. The van der Waals surface area contributed by atoms with Gasteiger partial charge in [0.2, 0.25) is 0 Å². The third-order valence-electron chi connectivity index (χ3n) is 5.52. The first-order valence-corrected chi connectivity index (χ1v) is 11.8. The lowest BCUT2D eigenvalue weighted by molar-refractivity contribution is -0.145. The quantitative estimate of drug-likeness (QED) is 0.269. The van der Waals surface area contributed by atoms with Crippen LogP contribution in [0.1, 0.15) is 24.6 Å². The molecule has 0 radical (unpaired) electrons. The number of hydrogen-bond donors (Lipinski definition) is 1. The van der Waals surface area contributed by atoms with E-state index in [1.165, 1.54) is 5.69 Å². The smallest absolute Gasteiger partial charge is 0.345 e. The van der Waals surface area contributed by atoms with Gasteiger partial charge in [0.1, 0.15) is 5.75 Å². The van der Waals surface area contributed by atoms with Gasteiger partial charge in [-0.2, -0.15) is 0 Å². The second-order valence-electron chi connectivity index (χ2n) is 7.93. The van der Waals surface area contributed by atoms with Gasteiger partial charge in [0, 0.05) is 22.3 Å². The number of nitrogens with zero attached hydrogens (tertiary/aromatic N) is 1. The molecule has 0 fully saturated rings. The van der Waals surface area contributed by atoms with Crippen LogP contribution in [0.5, 0.6) is 5.75 Å². The largest absolute Gasteiger partial charge is 0.478 e. The van der Waals surface area contributed by atoms with Crippen LogP contribution in [-0.4, -0.2) is 21.7 Å². The van der Waals surface area contributed by atoms with Gasteiger partial charge < -0.3 is 14.4 Å². The number of carboxylic acids is 1. The fourth-order valence-corrected chi connectivity index (χ4v) is 4.19. The van der Waals surface area contributed by atoms with Crippen molar-refractivity contribution < 1.29 is 14.6 Å². The van der Waals surface area contributed by atoms with Crippen molar-refractivity contribution >= 4 is 21.9 Å². The minimum atomic E-state index is -0.976. The molecule has 0 unspecified atom stereocenters. The fourth-order valence-electron chi connectivity index (χ4n) is 3.93. The Morgan fingerprint density at radius 1 is 0.939 bits per heavy atom. The van der Waals surface area contributed by atoms with E-state index in [4.69, 9.17) is 4.74 Å². The Hall–Kier alpha value is -3.31. The summed E-state index contributed by atoms with van der Waals surface area (Å²) >= 11 is 3.51. The highest BCUT2D eigenvalue weighted by Gasteiger charge is 2.20. The summed E-state index contributed by atoms with van der Waals surface area (Å²) < 4.78 is 9.15. The van der Waals surface area contributed by atoms with Gasteiger partial charge in [-0.05, 0) is 78.2 Å². The van der Waals surface area contributed by atoms with E-state index in [2.05, 4.69) is 51.7 Å². The summed E-state index contributed by atoms with van der Waals surface area (Å²) in [4.78, 5) is 11.8. The Balaban J connectivity index is 1.59. The summed E-state index contributed by atoms with van der Waals surface area (Å²) in [6.07, 6.45) is 1.41. The highest BCUT2D eigenvalue weighted by atomic mass is 79.9. The second-order valence-corrected chi connectivity index (χ2v) is 8.85. The maximum absolute atomic E-state index is 11.8. The van der Waals surface area contributed by atoms with Crippen molar-refractivity contribution in [3.63, 3.8) is 0 Å². The highest BCUT2D eigenvalue weighted by molar-refractivity contribution is 9.10. The minimum Gasteiger partial charge on any atom is -0.478 e. The molecular formula is C28H26BrNO3. The Morgan fingerprint density at radius 3 is 2.27 bits per heavy atom. The molecule has 0 amide bonds. The van der Waals surface area contributed by atoms with Gasteiger partial charge in [0.05, 0.1) is 5.69 Å². The van der Waals surface area contributed by atoms with E-state index in [1.54, 1.807) is 0 Å². The second kappa shape index (κ2) is 10.5. The number of halogens is 1. The number of benzene rings is 3. The monoisotopic (exact) mass is 503 g/mol. The number of carboxylic acid groups (broad SMARTS) is 1. The van der Waals surface area contributed by atoms with Gasteiger partial charge in [-0.3, -0.25) is 0 Å². The third kappa shape index (κ3) is 5.55. The number of aromatic nitrogens is 1. The van der Waals surface area contributed by atoms with Crippen LogP contribution in [-0.2, 0) is 17.6 Å². The van der Waals surface area contributed by atoms with E-state index >= 15 is 0 Å². The summed E-state index contributed by atoms with van der Waals surface area (Å²) in [5.41, 5.74) is 5.42. The highest BCUT2D eigenvalue weighted by Crippen LogP contribution is 2.30. The molecule has 1 N–H and O–H groups in total. The molecule has 1 heterocycles. The molecule has 0 saturated heterocycles. The average Bonchev–Trinajstić information content (AvgIpc) is 3.24. The predicted octanol–water partition coefficient (Wildman–Crippen LogP) is 6.93. The van der Waals surface area contributed by atoms with Crippen LogP contribution in [0, 0.1) is 0 Å². The molecule has 0 aliphatic rings. The molecule has 0 bridgehead atoms. The zero-order valence-electron chi connectivity index (χ0n) is 18.4. The van der Waals surface area contributed by atoms with E-state index < -0.39 is 12.1 Å². The van der Waals surface area contributed by atoms with Crippen molar-refractivity contribution in [3.8, 4) is 22.7 Å². The molecule has 0 saturated carbocycles. The number of hydrogen-bond acceptors (Lipinski definition) is 2. The Kier molecular flexibility index (Phi) is 7.30. The van der Waals surface area contributed by atoms with Crippen molar-refractivity contribution in [1.82, 2.24) is 4.57 Å². The summed E-state index contributed by atoms with van der Waals surface area (Å²) in [5, 5.41) is 9.63. The van der Waals surface area contributed by atoms with Crippen molar-refractivity contribution in [2.75, 3.05) is 0 Å². The first-order valence-electron chi connectivity index (χ1n) is 11.1. The number of ether oxygens (including phenoxy) is 1. The topological polar surface area (TPSA) is 51.5 Å². The third-order valence-corrected chi connectivity index (χ3v) is 6.05. The summed E-state index contributed by atoms with van der Waals surface area (Å²) in [5.74, 6) is -0.436. The first kappa shape index (κ1) is 22.9. The number of aryl methyl sites for hydroxylation is 1. The van der Waals surface area contributed by atoms with Crippen molar-refractivity contribution in [2.24, 2.45) is 0 Å². The Labute approximate surface area is 202 Å². The Bertz CT molecular complexity index is 1200. The lowest BCUT2D eigenvalue weighted by Crippen LogP contribution is -2.29. The maximum atomic E-state index is 11.8. The average molecular weight is 504 g/mol. The van der Waals surface area contributed by atoms with E-state index in [1.807, 2.05) is 66.7 Å². The lowest BCUT2D eigenvalue weighted by Gasteiger charge is -2.17. The van der Waals surface area contributed by atoms with E-state index in [-0.39, 0.29) is 0 Å². The molecule has 0 spiro atoms. The molecule has 0 aliphatic heterocycles. The van der Waals surface area contributed by atoms with Gasteiger partial charge in [-0.25, -0.2) is 4.79 Å². The molecule has 33 heavy (non-hydrogen) atoms. The standard InChI is InChI=1S/C28H26BrNO3/c1-2-6-23-15-18-26(30(23)24-13-11-22(29)12-14-24)21-9-16-25(17-10-21)33-27(28(31)32)19-20-7-4-3-5-8-20/h3-5,7-18,27H,2,6,19H2,1H3,(H,31,32)/t27-/m1/s1. The van der Waals surface area contributed by atoms with E-state index in [9.17, 15) is 9.90 Å². The molecule has 168 valence electrons. The van der Waals surface area contributed by atoms with Crippen molar-refractivity contribution in [2.45, 2.75) is 32.3 Å². The molecular weight excluding hydrogens is 478 g/mol. The minimum absolute atomic E-state index is 0.310. The molecule has 1 atom stereocenters. The number of aliphatic carboxylic acids is 1. The number of carbonyl (C=O) groups is 1. The maximum Gasteiger partial charge on any atom is 0.345 e. The summed E-state index contributed by atoms with van der Waals surface area (Å²) in [7, 11) is 0. The van der Waals surface area contributed by atoms with Crippen LogP contribution in [0.2, 0.25) is 0 Å². The van der Waals surface area contributed by atoms with Crippen LogP contribution >= 0.6 is 15.9 Å². The van der Waals surface area contributed by atoms with Gasteiger partial charge >= 0.3 is 5.97 Å². The molecule has 5 heteroatoms. The fraction of sp³-hybridized carbons (Fsp3) is 0.179. The van der Waals surface area contributed by atoms with Gasteiger partial charge in [-0.15, -0.1) is 0 Å². The van der Waals surface area contributed by atoms with E-state index in [0.29, 0.717) is 12.2 Å². The molecule has 4 aromatic rings. The molecule has 1 aromatic heterocycles. The van der Waals surface area contributed by atoms with Crippen LogP contribution in [0.15, 0.2) is 95.5 Å². The van der Waals surface area contributed by atoms with Crippen molar-refractivity contribution in [1.29, 1.82) is 0 Å². The zero-order valence-corrected chi connectivity index (χ0v) is 20.0. The Morgan fingerprint density at radius 2 is 1.64 bits per heavy atom. The van der Waals surface area contributed by atoms with Gasteiger partial charge in [-0.1, -0.05) is 59.6 Å². The zero-order chi connectivity index (χ0) is 23.2. The molecule has 4 nitrogen and oxygen atoms in total. The van der Waals surface area contributed by atoms with Crippen LogP contribution in [0.3, 0.4) is 0 Å².